The Morgan fingerprint density at radius 2 is 1.86 bits per heavy atom. The van der Waals surface area contributed by atoms with Crippen molar-refractivity contribution >= 4 is 28.7 Å². The van der Waals surface area contributed by atoms with Gasteiger partial charge >= 0.3 is 11.9 Å². The van der Waals surface area contributed by atoms with Gasteiger partial charge in [-0.2, -0.15) is 0 Å². The normalized spacial score (nSPS) is 15.6. The largest absolute Gasteiger partial charge is 0.497 e. The number of cyclic esters (lactones) is 2. The van der Waals surface area contributed by atoms with E-state index in [1.54, 1.807) is 13.2 Å². The molecule has 0 unspecified atom stereocenters. The summed E-state index contributed by atoms with van der Waals surface area (Å²) >= 11 is 0. The van der Waals surface area contributed by atoms with Gasteiger partial charge in [0.25, 0.3) is 5.79 Å². The molecule has 0 radical (unpaired) electrons. The molecule has 2 aromatic carbocycles. The fraction of sp³-hybridized carbons (Fsp3) is 0.190. The lowest BCUT2D eigenvalue weighted by Crippen LogP contribution is -2.42. The third kappa shape index (κ3) is 3.77. The predicted octanol–water partition coefficient (Wildman–Crippen LogP) is 3.37. The van der Waals surface area contributed by atoms with Gasteiger partial charge in [0, 0.05) is 31.3 Å². The van der Waals surface area contributed by atoms with Crippen molar-refractivity contribution in [1.29, 1.82) is 0 Å². The molecule has 0 saturated carbocycles. The summed E-state index contributed by atoms with van der Waals surface area (Å²) in [5, 5.41) is 2.93. The summed E-state index contributed by atoms with van der Waals surface area (Å²) in [7, 11) is 1.61. The molecule has 0 atom stereocenters. The predicted molar refractivity (Wildman–Crippen MR) is 106 cm³/mol. The van der Waals surface area contributed by atoms with E-state index in [9.17, 15) is 9.59 Å². The zero-order valence-electron chi connectivity index (χ0n) is 16.1. The van der Waals surface area contributed by atoms with Gasteiger partial charge in [-0.3, -0.25) is 0 Å². The van der Waals surface area contributed by atoms with Crippen LogP contribution in [-0.4, -0.2) is 34.8 Å². The number of anilines is 1. The highest BCUT2D eigenvalue weighted by Gasteiger charge is 2.38. The number of hydrogen-bond acceptors (Lipinski definition) is 7. The molecule has 1 fully saturated rings. The van der Waals surface area contributed by atoms with Crippen molar-refractivity contribution in [3.05, 3.63) is 54.2 Å². The van der Waals surface area contributed by atoms with Gasteiger partial charge in [-0.15, -0.1) is 0 Å². The van der Waals surface area contributed by atoms with Crippen molar-refractivity contribution in [2.75, 3.05) is 12.4 Å². The van der Waals surface area contributed by atoms with Crippen LogP contribution in [0.1, 0.15) is 13.8 Å². The molecule has 4 rings (SSSR count). The molecule has 0 aliphatic carbocycles. The minimum atomic E-state index is -1.27. The van der Waals surface area contributed by atoms with Crippen LogP contribution in [0.15, 0.2) is 54.2 Å². The van der Waals surface area contributed by atoms with Crippen molar-refractivity contribution in [2.45, 2.75) is 19.6 Å². The van der Waals surface area contributed by atoms with E-state index in [1.807, 2.05) is 36.4 Å². The van der Waals surface area contributed by atoms with Crippen LogP contribution in [0.5, 0.6) is 5.75 Å². The number of rotatable bonds is 4. The van der Waals surface area contributed by atoms with Gasteiger partial charge in [-0.1, -0.05) is 12.1 Å². The van der Waals surface area contributed by atoms with Crippen molar-refractivity contribution in [2.24, 2.45) is 0 Å². The molecule has 2 N–H and O–H groups in total. The summed E-state index contributed by atoms with van der Waals surface area (Å²) < 4.78 is 15.4. The number of hydrogen-bond donors (Lipinski definition) is 2. The first kappa shape index (κ1) is 18.5. The van der Waals surface area contributed by atoms with Crippen LogP contribution < -0.4 is 10.1 Å². The summed E-state index contributed by atoms with van der Waals surface area (Å²) in [6.07, 6.45) is 1.28. The molecule has 29 heavy (non-hydrogen) atoms. The highest BCUT2D eigenvalue weighted by atomic mass is 16.7. The van der Waals surface area contributed by atoms with E-state index >= 15 is 0 Å². The molecule has 1 aliphatic rings. The Bertz CT molecular complexity index is 1120. The summed E-state index contributed by atoms with van der Waals surface area (Å²) in [6, 6.07) is 13.0. The zero-order valence-corrected chi connectivity index (χ0v) is 16.1. The summed E-state index contributed by atoms with van der Waals surface area (Å²) in [5.41, 5.74) is 2.93. The Kier molecular flexibility index (Phi) is 4.46. The highest BCUT2D eigenvalue weighted by Crippen LogP contribution is 2.26. The average Bonchev–Trinajstić information content (AvgIpc) is 3.10. The Hall–Kier alpha value is -3.81. The van der Waals surface area contributed by atoms with Crippen LogP contribution in [0.4, 0.5) is 5.69 Å². The molecule has 2 heterocycles. The molecular formula is C21H19N3O5. The SMILES string of the molecule is COc1cccc(-c2nc3ccc(NC=C4C(=O)OC(C)(C)OC4=O)cc3[nH]2)c1. The van der Waals surface area contributed by atoms with Crippen LogP contribution in [0.2, 0.25) is 0 Å². The first-order valence-corrected chi connectivity index (χ1v) is 8.92. The van der Waals surface area contributed by atoms with Gasteiger partial charge in [-0.05, 0) is 30.3 Å². The zero-order chi connectivity index (χ0) is 20.6. The fourth-order valence-corrected chi connectivity index (χ4v) is 2.94. The first-order valence-electron chi connectivity index (χ1n) is 8.92. The molecule has 0 bridgehead atoms. The first-order chi connectivity index (χ1) is 13.8. The van der Waals surface area contributed by atoms with E-state index < -0.39 is 17.7 Å². The number of carbonyl (C=O) groups excluding carboxylic acids is 2. The lowest BCUT2D eigenvalue weighted by molar-refractivity contribution is -0.222. The Morgan fingerprint density at radius 3 is 2.59 bits per heavy atom. The number of benzene rings is 2. The van der Waals surface area contributed by atoms with E-state index in [1.165, 1.54) is 20.0 Å². The van der Waals surface area contributed by atoms with Crippen LogP contribution in [0.25, 0.3) is 22.4 Å². The van der Waals surface area contributed by atoms with Crippen molar-refractivity contribution < 1.29 is 23.8 Å². The molecule has 1 saturated heterocycles. The molecule has 3 aromatic rings. The van der Waals surface area contributed by atoms with E-state index in [0.29, 0.717) is 11.5 Å². The topological polar surface area (TPSA) is 103 Å². The summed E-state index contributed by atoms with van der Waals surface area (Å²) in [4.78, 5) is 31.9. The van der Waals surface area contributed by atoms with Crippen LogP contribution >= 0.6 is 0 Å². The Morgan fingerprint density at radius 1 is 1.10 bits per heavy atom. The number of fused-ring (bicyclic) bond motifs is 1. The highest BCUT2D eigenvalue weighted by molar-refractivity contribution is 6.15. The molecule has 8 heteroatoms. The number of nitrogens with one attached hydrogen (secondary N) is 2. The van der Waals surface area contributed by atoms with E-state index in [2.05, 4.69) is 15.3 Å². The number of nitrogens with zero attached hydrogens (tertiary/aromatic N) is 1. The molecular weight excluding hydrogens is 374 g/mol. The minimum absolute atomic E-state index is 0.203. The third-order valence-electron chi connectivity index (χ3n) is 4.33. The lowest BCUT2D eigenvalue weighted by atomic mass is 10.2. The van der Waals surface area contributed by atoms with Crippen molar-refractivity contribution in [3.8, 4) is 17.1 Å². The number of aromatic nitrogens is 2. The average molecular weight is 393 g/mol. The fourth-order valence-electron chi connectivity index (χ4n) is 2.94. The van der Waals surface area contributed by atoms with Gasteiger partial charge < -0.3 is 24.5 Å². The van der Waals surface area contributed by atoms with Crippen LogP contribution in [0.3, 0.4) is 0 Å². The summed E-state index contributed by atoms with van der Waals surface area (Å²) in [5.74, 6) is -1.29. The molecule has 0 spiro atoms. The van der Waals surface area contributed by atoms with Crippen molar-refractivity contribution in [1.82, 2.24) is 9.97 Å². The summed E-state index contributed by atoms with van der Waals surface area (Å²) in [6.45, 7) is 3.00. The number of aromatic amines is 1. The minimum Gasteiger partial charge on any atom is -0.497 e. The molecule has 0 amide bonds. The number of esters is 2. The molecule has 1 aromatic heterocycles. The van der Waals surface area contributed by atoms with Gasteiger partial charge in [-0.25, -0.2) is 14.6 Å². The monoisotopic (exact) mass is 393 g/mol. The van der Waals surface area contributed by atoms with Crippen LogP contribution in [0, 0.1) is 0 Å². The van der Waals surface area contributed by atoms with Gasteiger partial charge in [0.15, 0.2) is 5.57 Å². The molecule has 148 valence electrons. The van der Waals surface area contributed by atoms with Gasteiger partial charge in [0.05, 0.1) is 18.1 Å². The van der Waals surface area contributed by atoms with Gasteiger partial charge in [0.1, 0.15) is 11.6 Å². The second-order valence-corrected chi connectivity index (χ2v) is 6.93. The quantitative estimate of drug-likeness (QED) is 0.398. The lowest BCUT2D eigenvalue weighted by Gasteiger charge is -2.29. The molecule has 8 nitrogen and oxygen atoms in total. The maximum Gasteiger partial charge on any atom is 0.350 e. The smallest absolute Gasteiger partial charge is 0.350 e. The van der Waals surface area contributed by atoms with Gasteiger partial charge in [0.2, 0.25) is 0 Å². The number of carbonyl (C=O) groups is 2. The Labute approximate surface area is 166 Å². The van der Waals surface area contributed by atoms with E-state index in [-0.39, 0.29) is 5.57 Å². The number of imidazole rings is 1. The third-order valence-corrected chi connectivity index (χ3v) is 4.33. The van der Waals surface area contributed by atoms with E-state index in [4.69, 9.17) is 14.2 Å². The Balaban J connectivity index is 1.58. The standard InChI is InChI=1S/C21H19N3O5/c1-21(2)28-19(25)15(20(26)29-21)11-22-13-7-8-16-17(10-13)24-18(23-16)12-5-4-6-14(9-12)27-3/h4-11,22H,1-3H3,(H,23,24). The maximum absolute atomic E-state index is 12.0. The molecule has 1 aliphatic heterocycles. The van der Waals surface area contributed by atoms with Crippen LogP contribution in [-0.2, 0) is 19.1 Å². The number of ether oxygens (including phenoxy) is 3. The van der Waals surface area contributed by atoms with E-state index in [0.717, 1.165) is 22.3 Å². The number of methoxy groups -OCH3 is 1. The maximum atomic E-state index is 12.0. The second-order valence-electron chi connectivity index (χ2n) is 6.93. The van der Waals surface area contributed by atoms with Crippen molar-refractivity contribution in [3.63, 3.8) is 0 Å². The number of H-pyrrole nitrogens is 1. The second kappa shape index (κ2) is 6.97.